The minimum Gasteiger partial charge on any atom is -0.447 e. The number of nitrogens with one attached hydrogen (secondary N) is 4. The highest BCUT2D eigenvalue weighted by atomic mass is 16.6. The van der Waals surface area contributed by atoms with E-state index < -0.39 is 12.2 Å². The van der Waals surface area contributed by atoms with Crippen LogP contribution in [0.2, 0.25) is 0 Å². The van der Waals surface area contributed by atoms with E-state index >= 15 is 0 Å². The summed E-state index contributed by atoms with van der Waals surface area (Å²) in [4.78, 5) is 33.5. The lowest BCUT2D eigenvalue weighted by atomic mass is 10.3. The number of carbonyl (C=O) groups excluding carboxylic acids is 2. The molecule has 5 rings (SSSR count). The summed E-state index contributed by atoms with van der Waals surface area (Å²) >= 11 is 0. The Morgan fingerprint density at radius 2 is 1.07 bits per heavy atom. The van der Waals surface area contributed by atoms with Gasteiger partial charge in [0.05, 0.1) is 34.3 Å². The van der Waals surface area contributed by atoms with Gasteiger partial charge in [0.1, 0.15) is 11.5 Å². The first-order chi connectivity index (χ1) is 21.1. The Labute approximate surface area is 251 Å². The van der Waals surface area contributed by atoms with Gasteiger partial charge in [-0.25, -0.2) is 28.7 Å². The number of benzene rings is 3. The maximum atomic E-state index is 12.3. The van der Waals surface area contributed by atoms with Crippen molar-refractivity contribution in [3.05, 3.63) is 72.8 Å². The van der Waals surface area contributed by atoms with E-state index in [0.29, 0.717) is 22.1 Å². The minimum absolute atomic E-state index is 0.0408. The molecule has 14 heteroatoms. The molecular formula is C30H30N8O6. The molecule has 3 aromatic carbocycles. The fourth-order valence-electron chi connectivity index (χ4n) is 4.22. The molecule has 0 spiro atoms. The molecule has 2 amide bonds. The van der Waals surface area contributed by atoms with Gasteiger partial charge in [-0.2, -0.15) is 0 Å². The van der Waals surface area contributed by atoms with Crippen LogP contribution in [0.5, 0.6) is 11.5 Å². The molecule has 0 radical (unpaired) electrons. The summed E-state index contributed by atoms with van der Waals surface area (Å²) in [6, 6.07) is 19.7. The molecule has 0 bridgehead atoms. The van der Waals surface area contributed by atoms with Crippen molar-refractivity contribution in [3.63, 3.8) is 0 Å². The van der Waals surface area contributed by atoms with E-state index in [1.165, 1.54) is 15.2 Å². The zero-order valence-electron chi connectivity index (χ0n) is 24.3. The van der Waals surface area contributed by atoms with E-state index in [2.05, 4.69) is 20.6 Å². The average Bonchev–Trinajstić information content (AvgIpc) is 3.49. The third-order valence-corrected chi connectivity index (χ3v) is 5.88. The Bertz CT molecular complexity index is 1740. The maximum absolute atomic E-state index is 12.3. The van der Waals surface area contributed by atoms with Crippen LogP contribution in [0.4, 0.5) is 21.5 Å². The van der Waals surface area contributed by atoms with Crippen LogP contribution in [0.3, 0.4) is 0 Å². The molecule has 0 fully saturated rings. The first kappa shape index (κ1) is 29.6. The molecule has 0 saturated heterocycles. The third kappa shape index (κ3) is 6.59. The highest BCUT2D eigenvalue weighted by Gasteiger charge is 2.21. The molecule has 226 valence electrons. The minimum atomic E-state index is -0.725. The topological polar surface area (TPSA) is 178 Å². The number of para-hydroxylation sites is 4. The summed E-state index contributed by atoms with van der Waals surface area (Å²) in [5.74, 6) is 0.504. The van der Waals surface area contributed by atoms with Crippen molar-refractivity contribution in [1.82, 2.24) is 19.1 Å². The monoisotopic (exact) mass is 598 g/mol. The first-order valence-electron chi connectivity index (χ1n) is 13.6. The maximum Gasteiger partial charge on any atom is 0.414 e. The van der Waals surface area contributed by atoms with Gasteiger partial charge in [-0.15, -0.1) is 0 Å². The van der Waals surface area contributed by atoms with Crippen molar-refractivity contribution in [2.45, 2.75) is 39.9 Å². The number of anilines is 2. The number of hydrogen-bond donors (Lipinski definition) is 4. The number of aromatic nitrogens is 4. The van der Waals surface area contributed by atoms with Crippen LogP contribution >= 0.6 is 0 Å². The van der Waals surface area contributed by atoms with E-state index in [-0.39, 0.29) is 47.6 Å². The molecule has 0 aliphatic heterocycles. The molecule has 2 heterocycles. The molecule has 44 heavy (non-hydrogen) atoms. The highest BCUT2D eigenvalue weighted by molar-refractivity contribution is 5.97. The second-order valence-corrected chi connectivity index (χ2v) is 9.97. The number of imidazole rings is 2. The van der Waals surface area contributed by atoms with Gasteiger partial charge < -0.3 is 18.9 Å². The van der Waals surface area contributed by atoms with Crippen molar-refractivity contribution in [1.29, 1.82) is 10.8 Å². The molecule has 4 N–H and O–H groups in total. The predicted molar refractivity (Wildman–Crippen MR) is 164 cm³/mol. The van der Waals surface area contributed by atoms with Crippen molar-refractivity contribution in [3.8, 4) is 11.5 Å². The number of fused-ring (bicyclic) bond motifs is 2. The summed E-state index contributed by atoms with van der Waals surface area (Å²) in [6.45, 7) is 6.87. The fourth-order valence-corrected chi connectivity index (χ4v) is 4.22. The van der Waals surface area contributed by atoms with E-state index in [4.69, 9.17) is 29.8 Å². The van der Waals surface area contributed by atoms with Gasteiger partial charge in [0.2, 0.25) is 11.9 Å². The van der Waals surface area contributed by atoms with Crippen molar-refractivity contribution < 1.29 is 28.5 Å². The fraction of sp³-hybridized carbons (Fsp3) is 0.200. The largest absolute Gasteiger partial charge is 0.447 e. The van der Waals surface area contributed by atoms with Gasteiger partial charge in [-0.05, 0) is 64.1 Å². The van der Waals surface area contributed by atoms with Gasteiger partial charge in [0.15, 0.2) is 0 Å². The van der Waals surface area contributed by atoms with E-state index in [1.807, 2.05) is 0 Å². The second kappa shape index (κ2) is 12.5. The summed E-state index contributed by atoms with van der Waals surface area (Å²) in [5, 5.41) is 22.6. The quantitative estimate of drug-likeness (QED) is 0.135. The molecule has 0 unspecified atom stereocenters. The molecular weight excluding hydrogens is 568 g/mol. The average molecular weight is 599 g/mol. The Hall–Kier alpha value is -5.92. The van der Waals surface area contributed by atoms with Gasteiger partial charge >= 0.3 is 24.2 Å². The van der Waals surface area contributed by atoms with Crippen molar-refractivity contribution >= 4 is 58.2 Å². The smallest absolute Gasteiger partial charge is 0.414 e. The number of amides is 2. The van der Waals surface area contributed by atoms with Crippen LogP contribution in [-0.4, -0.2) is 55.5 Å². The summed E-state index contributed by atoms with van der Waals surface area (Å²) in [7, 11) is 0. The lowest BCUT2D eigenvalue weighted by Gasteiger charge is -2.15. The van der Waals surface area contributed by atoms with Crippen LogP contribution < -0.4 is 20.1 Å². The second-order valence-electron chi connectivity index (χ2n) is 9.97. The lowest BCUT2D eigenvalue weighted by Crippen LogP contribution is -2.25. The van der Waals surface area contributed by atoms with Gasteiger partial charge in [0, 0.05) is 6.07 Å². The molecule has 2 aromatic heterocycles. The number of hydrogen-bond acceptors (Lipinski definition) is 10. The van der Waals surface area contributed by atoms with Crippen molar-refractivity contribution in [2.24, 2.45) is 0 Å². The zero-order chi connectivity index (χ0) is 31.4. The van der Waals surface area contributed by atoms with Gasteiger partial charge in [-0.3, -0.25) is 21.5 Å². The van der Waals surface area contributed by atoms with E-state index in [0.717, 1.165) is 0 Å². The molecule has 5 aromatic rings. The standard InChI is InChI=1S/C30H30N8O6/c1-17(2)41-29(39)35-27-33-21-12-5-7-14-23(21)37(27)25(31)43-19-10-9-11-20(16-19)44-26(32)38-24-15-8-6-13-22(24)34-28(38)36-30(40)42-18(3)4/h5-18,31-32H,1-4H3,(H,33,35,39)(H,34,36,40). The highest BCUT2D eigenvalue weighted by Crippen LogP contribution is 2.25. The molecule has 0 aliphatic carbocycles. The van der Waals surface area contributed by atoms with E-state index in [9.17, 15) is 9.59 Å². The Morgan fingerprint density at radius 1 is 0.659 bits per heavy atom. The molecule has 0 atom stereocenters. The van der Waals surface area contributed by atoms with Crippen LogP contribution in [0.1, 0.15) is 27.7 Å². The summed E-state index contributed by atoms with van der Waals surface area (Å²) in [6.07, 6.45) is -2.16. The van der Waals surface area contributed by atoms with Crippen LogP contribution in [0.25, 0.3) is 22.1 Å². The normalized spacial score (nSPS) is 11.0. The SMILES string of the molecule is CC(C)OC(=O)Nc1nc2ccccc2n1C(=N)Oc1cccc(OC(=N)n2c(NC(=O)OC(C)C)nc3ccccc32)c1. The van der Waals surface area contributed by atoms with Crippen LogP contribution in [0, 0.1) is 10.8 Å². The van der Waals surface area contributed by atoms with Crippen molar-refractivity contribution in [2.75, 3.05) is 10.6 Å². The van der Waals surface area contributed by atoms with Gasteiger partial charge in [0.25, 0.3) is 0 Å². The molecule has 0 saturated carbocycles. The van der Waals surface area contributed by atoms with Gasteiger partial charge in [-0.1, -0.05) is 30.3 Å². The Kier molecular flexibility index (Phi) is 8.42. The third-order valence-electron chi connectivity index (χ3n) is 5.88. The number of carbonyl (C=O) groups is 2. The van der Waals surface area contributed by atoms with Crippen LogP contribution in [-0.2, 0) is 9.47 Å². The number of rotatable bonds is 6. The number of ether oxygens (including phenoxy) is 4. The lowest BCUT2D eigenvalue weighted by molar-refractivity contribution is 0.128. The summed E-state index contributed by atoms with van der Waals surface area (Å²) < 4.78 is 24.7. The molecule has 0 aliphatic rings. The van der Waals surface area contributed by atoms with E-state index in [1.54, 1.807) is 94.4 Å². The zero-order valence-corrected chi connectivity index (χ0v) is 24.3. The Balaban J connectivity index is 1.38. The van der Waals surface area contributed by atoms with Crippen LogP contribution in [0.15, 0.2) is 72.8 Å². The number of nitrogens with zero attached hydrogens (tertiary/aromatic N) is 4. The Morgan fingerprint density at radius 3 is 1.48 bits per heavy atom. The predicted octanol–water partition coefficient (Wildman–Crippen LogP) is 6.02. The summed E-state index contributed by atoms with van der Waals surface area (Å²) in [5.41, 5.74) is 2.10. The molecule has 14 nitrogen and oxygen atoms in total. The first-order valence-corrected chi connectivity index (χ1v) is 13.6.